The quantitative estimate of drug-likeness (QED) is 0.194. The highest BCUT2D eigenvalue weighted by molar-refractivity contribution is 7.90. The van der Waals surface area contributed by atoms with Crippen molar-refractivity contribution in [3.05, 3.63) is 143 Å². The van der Waals surface area contributed by atoms with E-state index in [1.165, 1.54) is 41.5 Å². The van der Waals surface area contributed by atoms with Crippen molar-refractivity contribution < 1.29 is 13.2 Å². The van der Waals surface area contributed by atoms with Crippen molar-refractivity contribution in [1.82, 2.24) is 4.72 Å². The Morgan fingerprint density at radius 3 is 1.86 bits per heavy atom. The van der Waals surface area contributed by atoms with Gasteiger partial charge in [-0.2, -0.15) is 0 Å². The van der Waals surface area contributed by atoms with Crippen LogP contribution in [0.25, 0.3) is 17.2 Å². The van der Waals surface area contributed by atoms with E-state index in [1.54, 1.807) is 6.08 Å². The van der Waals surface area contributed by atoms with Crippen LogP contribution in [0.15, 0.2) is 120 Å². The number of allylic oxidation sites excluding steroid dienone is 1. The van der Waals surface area contributed by atoms with Gasteiger partial charge < -0.3 is 0 Å². The second kappa shape index (κ2) is 11.9. The van der Waals surface area contributed by atoms with Gasteiger partial charge in [0.1, 0.15) is 0 Å². The zero-order chi connectivity index (χ0) is 26.3. The predicted octanol–water partition coefficient (Wildman–Crippen LogP) is 7.23. The van der Waals surface area contributed by atoms with Crippen LogP contribution >= 0.6 is 11.6 Å². The van der Waals surface area contributed by atoms with Crippen LogP contribution in [0.1, 0.15) is 35.6 Å². The molecule has 37 heavy (non-hydrogen) atoms. The van der Waals surface area contributed by atoms with Gasteiger partial charge in [0.05, 0.1) is 4.90 Å². The first-order chi connectivity index (χ1) is 17.9. The highest BCUT2D eigenvalue weighted by Crippen LogP contribution is 2.34. The average Bonchev–Trinajstić information content (AvgIpc) is 2.92. The molecule has 0 spiro atoms. The van der Waals surface area contributed by atoms with E-state index in [0.717, 1.165) is 28.7 Å². The largest absolute Gasteiger partial charge is 0.269 e. The van der Waals surface area contributed by atoms with Gasteiger partial charge in [-0.25, -0.2) is 13.1 Å². The van der Waals surface area contributed by atoms with Gasteiger partial charge in [0.2, 0.25) is 0 Å². The topological polar surface area (TPSA) is 63.2 Å². The normalized spacial score (nSPS) is 12.3. The lowest BCUT2D eigenvalue weighted by Gasteiger charge is -2.16. The van der Waals surface area contributed by atoms with Crippen molar-refractivity contribution in [3.8, 4) is 0 Å². The molecule has 0 aliphatic heterocycles. The van der Waals surface area contributed by atoms with E-state index in [1.807, 2.05) is 60.7 Å². The molecule has 0 atom stereocenters. The maximum Gasteiger partial charge on any atom is 0.264 e. The van der Waals surface area contributed by atoms with Crippen LogP contribution in [-0.4, -0.2) is 14.3 Å². The first-order valence-corrected chi connectivity index (χ1v) is 13.7. The monoisotopic (exact) mass is 527 g/mol. The summed E-state index contributed by atoms with van der Waals surface area (Å²) >= 11 is 5.81. The molecular formula is C31H26ClNO3S. The van der Waals surface area contributed by atoms with E-state index in [9.17, 15) is 13.2 Å². The van der Waals surface area contributed by atoms with E-state index < -0.39 is 15.9 Å². The summed E-state index contributed by atoms with van der Waals surface area (Å²) in [4.78, 5) is 12.3. The fourth-order valence-electron chi connectivity index (χ4n) is 4.06. The van der Waals surface area contributed by atoms with Crippen LogP contribution < -0.4 is 4.72 Å². The molecule has 1 N–H and O–H groups in total. The number of nitrogens with one attached hydrogen (secondary N) is 1. The molecular weight excluding hydrogens is 502 g/mol. The summed E-state index contributed by atoms with van der Waals surface area (Å²) in [7, 11) is -3.98. The summed E-state index contributed by atoms with van der Waals surface area (Å²) < 4.78 is 26.9. The molecule has 0 aliphatic rings. The van der Waals surface area contributed by atoms with E-state index in [2.05, 4.69) is 35.9 Å². The second-order valence-corrected chi connectivity index (χ2v) is 10.4. The lowest BCUT2D eigenvalue weighted by molar-refractivity contribution is -0.114. The SMILES string of the molecule is CCC(=C(c1ccccc1)c1ccc(C=CC(=O)NS(=O)(=O)c2ccc(Cl)cc2)cc1)c1ccccc1. The van der Waals surface area contributed by atoms with Crippen molar-refractivity contribution in [1.29, 1.82) is 0 Å². The molecule has 4 aromatic rings. The molecule has 186 valence electrons. The van der Waals surface area contributed by atoms with Crippen molar-refractivity contribution in [3.63, 3.8) is 0 Å². The Morgan fingerprint density at radius 2 is 1.30 bits per heavy atom. The number of hydrogen-bond acceptors (Lipinski definition) is 3. The number of carbonyl (C=O) groups is 1. The molecule has 4 nitrogen and oxygen atoms in total. The number of benzene rings is 4. The summed E-state index contributed by atoms with van der Waals surface area (Å²) in [5.74, 6) is -0.735. The third-order valence-corrected chi connectivity index (χ3v) is 7.44. The highest BCUT2D eigenvalue weighted by atomic mass is 35.5. The number of hydrogen-bond donors (Lipinski definition) is 1. The Balaban J connectivity index is 1.59. The lowest BCUT2D eigenvalue weighted by atomic mass is 9.88. The van der Waals surface area contributed by atoms with Crippen molar-refractivity contribution >= 4 is 44.8 Å². The molecule has 0 fully saturated rings. The van der Waals surface area contributed by atoms with Gasteiger partial charge in [-0.05, 0) is 70.2 Å². The van der Waals surface area contributed by atoms with Crippen LogP contribution in [-0.2, 0) is 14.8 Å². The Bertz CT molecular complexity index is 1530. The zero-order valence-corrected chi connectivity index (χ0v) is 21.8. The molecule has 0 bridgehead atoms. The number of halogens is 1. The molecule has 0 saturated carbocycles. The van der Waals surface area contributed by atoms with Gasteiger partial charge in [-0.1, -0.05) is 103 Å². The molecule has 0 aromatic heterocycles. The minimum atomic E-state index is -3.98. The summed E-state index contributed by atoms with van der Waals surface area (Å²) in [5.41, 5.74) is 6.51. The Morgan fingerprint density at radius 1 is 0.757 bits per heavy atom. The fraction of sp³-hybridized carbons (Fsp3) is 0.0645. The maximum atomic E-state index is 12.4. The standard InChI is InChI=1S/C31H26ClNO3S/c1-2-29(24-9-5-3-6-10-24)31(25-11-7-4-8-12-25)26-16-13-23(14-17-26)15-22-30(34)33-37(35,36)28-20-18-27(32)19-21-28/h3-22H,2H2,1H3,(H,33,34). The van der Waals surface area contributed by atoms with Gasteiger partial charge in [0.25, 0.3) is 15.9 Å². The highest BCUT2D eigenvalue weighted by Gasteiger charge is 2.16. The Kier molecular flexibility index (Phi) is 8.39. The van der Waals surface area contributed by atoms with E-state index in [0.29, 0.717) is 5.02 Å². The first-order valence-electron chi connectivity index (χ1n) is 11.8. The molecule has 4 aromatic carbocycles. The lowest BCUT2D eigenvalue weighted by Crippen LogP contribution is -2.28. The third-order valence-electron chi connectivity index (χ3n) is 5.83. The number of rotatable bonds is 8. The minimum absolute atomic E-state index is 0.0339. The Hall–Kier alpha value is -3.93. The molecule has 1 amide bonds. The molecule has 6 heteroatoms. The van der Waals surface area contributed by atoms with Crippen LogP contribution in [0.5, 0.6) is 0 Å². The van der Waals surface area contributed by atoms with Crippen LogP contribution in [0.3, 0.4) is 0 Å². The summed E-state index contributed by atoms with van der Waals surface area (Å²) in [6, 6.07) is 34.1. The smallest absolute Gasteiger partial charge is 0.264 e. The Labute approximate surface area is 223 Å². The molecule has 4 rings (SSSR count). The van der Waals surface area contributed by atoms with Crippen LogP contribution in [0.4, 0.5) is 0 Å². The number of amides is 1. The first kappa shape index (κ1) is 26.1. The molecule has 0 heterocycles. The van der Waals surface area contributed by atoms with Gasteiger partial charge in [0.15, 0.2) is 0 Å². The third kappa shape index (κ3) is 6.64. The van der Waals surface area contributed by atoms with Crippen LogP contribution in [0.2, 0.25) is 5.02 Å². The van der Waals surface area contributed by atoms with E-state index >= 15 is 0 Å². The van der Waals surface area contributed by atoms with Gasteiger partial charge in [-0.15, -0.1) is 0 Å². The van der Waals surface area contributed by atoms with E-state index in [-0.39, 0.29) is 4.90 Å². The summed E-state index contributed by atoms with van der Waals surface area (Å²) in [6.45, 7) is 2.15. The molecule has 0 aliphatic carbocycles. The van der Waals surface area contributed by atoms with Gasteiger partial charge in [-0.3, -0.25) is 4.79 Å². The summed E-state index contributed by atoms with van der Waals surface area (Å²) in [6.07, 6.45) is 3.65. The summed E-state index contributed by atoms with van der Waals surface area (Å²) in [5, 5.41) is 0.411. The molecule has 0 radical (unpaired) electrons. The van der Waals surface area contributed by atoms with Crippen molar-refractivity contribution in [2.45, 2.75) is 18.2 Å². The fourth-order valence-corrected chi connectivity index (χ4v) is 5.13. The van der Waals surface area contributed by atoms with Gasteiger partial charge in [0, 0.05) is 11.1 Å². The van der Waals surface area contributed by atoms with E-state index in [4.69, 9.17) is 11.6 Å². The van der Waals surface area contributed by atoms with Gasteiger partial charge >= 0.3 is 0 Å². The molecule has 0 unspecified atom stereocenters. The maximum absolute atomic E-state index is 12.4. The second-order valence-electron chi connectivity index (χ2n) is 8.32. The zero-order valence-electron chi connectivity index (χ0n) is 20.3. The number of sulfonamides is 1. The number of carbonyl (C=O) groups excluding carboxylic acids is 1. The molecule has 0 saturated heterocycles. The minimum Gasteiger partial charge on any atom is -0.269 e. The predicted molar refractivity (Wildman–Crippen MR) is 151 cm³/mol. The average molecular weight is 528 g/mol. The van der Waals surface area contributed by atoms with Crippen molar-refractivity contribution in [2.75, 3.05) is 0 Å². The van der Waals surface area contributed by atoms with Crippen LogP contribution in [0, 0.1) is 0 Å². The van der Waals surface area contributed by atoms with Crippen molar-refractivity contribution in [2.24, 2.45) is 0 Å².